The molecule has 19 heteroatoms. The first kappa shape index (κ1) is 44.1. The monoisotopic (exact) mass is 955 g/mol. The van der Waals surface area contributed by atoms with Crippen molar-refractivity contribution in [2.75, 3.05) is 34.2 Å². The number of carbonyl (C=O) groups excluding carboxylic acids is 1. The number of aromatic amines is 2. The van der Waals surface area contributed by atoms with Crippen LogP contribution in [0.5, 0.6) is 28.7 Å². The van der Waals surface area contributed by atoms with Gasteiger partial charge < -0.3 is 67.9 Å². The van der Waals surface area contributed by atoms with Crippen LogP contribution in [0.2, 0.25) is 0 Å². The number of aromatic hydroxyl groups is 1. The van der Waals surface area contributed by atoms with Crippen LogP contribution in [0.3, 0.4) is 0 Å². The maximum atomic E-state index is 13.9. The summed E-state index contributed by atoms with van der Waals surface area (Å²) < 4.78 is 65.4. The van der Waals surface area contributed by atoms with E-state index < -0.39 is 66.8 Å². The molecule has 4 aliphatic heterocycles. The van der Waals surface area contributed by atoms with Crippen molar-refractivity contribution in [2.45, 2.75) is 62.9 Å². The SMILES string of the molecule is COc1cc(C2c3cc4c(cc3C(OC3OC5COC(C)OC5C(O)C3O)C3COC(=O)C23)OCO4)cc(OC)c1O.Cc1[nH]c2ccc(F)cc2c1-c1nc2c3cccnc3c3ncccc3c2[nH]1. The summed E-state index contributed by atoms with van der Waals surface area (Å²) >= 11 is 0. The third-order valence-corrected chi connectivity index (χ3v) is 14.0. The molecule has 1 aliphatic carbocycles. The maximum absolute atomic E-state index is 13.9. The number of aliphatic hydroxyl groups is 2. The van der Waals surface area contributed by atoms with Crippen molar-refractivity contribution in [1.82, 2.24) is 24.9 Å². The molecule has 0 spiro atoms. The van der Waals surface area contributed by atoms with Crippen molar-refractivity contribution in [3.8, 4) is 40.1 Å². The predicted octanol–water partition coefficient (Wildman–Crippen LogP) is 6.59. The quantitative estimate of drug-likeness (QED) is 0.0874. The molecule has 4 aromatic carbocycles. The Morgan fingerprint density at radius 1 is 0.800 bits per heavy atom. The second-order valence-corrected chi connectivity index (χ2v) is 17.9. The number of phenols is 1. The largest absolute Gasteiger partial charge is 0.502 e. The van der Waals surface area contributed by atoms with E-state index in [0.717, 1.165) is 55.0 Å². The Morgan fingerprint density at radius 3 is 2.26 bits per heavy atom. The minimum absolute atomic E-state index is 0.0301. The van der Waals surface area contributed by atoms with Gasteiger partial charge >= 0.3 is 5.97 Å². The zero-order valence-corrected chi connectivity index (χ0v) is 38.0. The first-order valence-electron chi connectivity index (χ1n) is 22.8. The summed E-state index contributed by atoms with van der Waals surface area (Å²) in [5.74, 6) is -0.595. The van der Waals surface area contributed by atoms with E-state index in [1.165, 1.54) is 20.3 Å². The number of benzene rings is 4. The number of halogens is 1. The molecule has 0 saturated carbocycles. The number of aromatic nitrogens is 5. The van der Waals surface area contributed by atoms with Gasteiger partial charge in [0.25, 0.3) is 0 Å². The van der Waals surface area contributed by atoms with Crippen LogP contribution in [0.1, 0.15) is 41.3 Å². The standard InChI is InChI=1S/C29H32O13.C22H14FN5/c1-11-36-9-20-27(40-11)24(31)25(32)29(41-20)42-26-14-7-17-16(38-10-39-17)6-13(14)21(22-15(26)8-37-28(22)33)12-4-18(34-2)23(30)19(5-12)35-3;1-11-17(15-10-12(23)6-7-16(15)26-11)22-27-20-13-4-2-8-24-18(13)19-14(21(20)28-22)5-3-9-25-19/h4-7,11,15,20-22,24-27,29-32H,8-10H2,1-3H3;2-10,26H,1H3,(H,27,28). The Bertz CT molecular complexity index is 3280. The summed E-state index contributed by atoms with van der Waals surface area (Å²) in [6.45, 7) is 3.90. The summed E-state index contributed by atoms with van der Waals surface area (Å²) in [6, 6.07) is 19.5. The number of aryl methyl sites for hydroxylation is 1. The molecule has 0 amide bonds. The normalized spacial score (nSPS) is 26.6. The molecule has 8 aromatic rings. The lowest BCUT2D eigenvalue weighted by Crippen LogP contribution is -2.63. The minimum Gasteiger partial charge on any atom is -0.502 e. The zero-order chi connectivity index (χ0) is 48.1. The second kappa shape index (κ2) is 17.1. The molecule has 360 valence electrons. The Balaban J connectivity index is 0.000000156. The molecule has 3 fully saturated rings. The van der Waals surface area contributed by atoms with Crippen LogP contribution in [0, 0.1) is 24.6 Å². The third kappa shape index (κ3) is 7.05. The molecular formula is C51H46FN5O13. The number of cyclic esters (lactones) is 1. The van der Waals surface area contributed by atoms with Crippen LogP contribution >= 0.6 is 0 Å². The Labute approximate surface area is 397 Å². The smallest absolute Gasteiger partial charge is 0.310 e. The highest BCUT2D eigenvalue weighted by Gasteiger charge is 2.56. The third-order valence-electron chi connectivity index (χ3n) is 14.0. The van der Waals surface area contributed by atoms with Crippen molar-refractivity contribution < 1.29 is 67.1 Å². The number of fused-ring (bicyclic) bond motifs is 11. The number of H-pyrrole nitrogens is 2. The summed E-state index contributed by atoms with van der Waals surface area (Å²) in [5.41, 5.74) is 8.11. The number of phenolic OH excluding ortho intramolecular Hbond substituents is 1. The van der Waals surface area contributed by atoms with Gasteiger partial charge in [0.2, 0.25) is 12.5 Å². The number of hydrogen-bond donors (Lipinski definition) is 5. The average Bonchev–Trinajstić information content (AvgIpc) is 4.18. The van der Waals surface area contributed by atoms with Crippen molar-refractivity contribution in [1.29, 1.82) is 0 Å². The topological polar surface area (TPSA) is 231 Å². The van der Waals surface area contributed by atoms with Gasteiger partial charge in [-0.1, -0.05) is 0 Å². The highest BCUT2D eigenvalue weighted by Crippen LogP contribution is 2.57. The van der Waals surface area contributed by atoms with Crippen molar-refractivity contribution in [2.24, 2.45) is 11.8 Å². The van der Waals surface area contributed by atoms with Crippen LogP contribution < -0.4 is 18.9 Å². The number of rotatable bonds is 6. The molecule has 5 N–H and O–H groups in total. The predicted molar refractivity (Wildman–Crippen MR) is 247 cm³/mol. The fourth-order valence-corrected chi connectivity index (χ4v) is 10.8. The number of imidazole rings is 1. The van der Waals surface area contributed by atoms with Crippen LogP contribution in [-0.2, 0) is 28.5 Å². The number of esters is 1. The molecule has 5 aliphatic rings. The first-order chi connectivity index (χ1) is 34.0. The summed E-state index contributed by atoms with van der Waals surface area (Å²) in [7, 11) is 2.86. The Kier molecular flexibility index (Phi) is 10.8. The van der Waals surface area contributed by atoms with Crippen molar-refractivity contribution >= 4 is 49.7 Å². The number of pyridine rings is 2. The van der Waals surface area contributed by atoms with Gasteiger partial charge in [-0.05, 0) is 97.3 Å². The van der Waals surface area contributed by atoms with Crippen LogP contribution in [0.15, 0.2) is 79.1 Å². The van der Waals surface area contributed by atoms with Gasteiger partial charge in [0.1, 0.15) is 36.1 Å². The number of hydrogen-bond acceptors (Lipinski definition) is 16. The number of carbonyl (C=O) groups is 1. The van der Waals surface area contributed by atoms with Crippen LogP contribution in [-0.4, -0.2) is 117 Å². The molecule has 0 bridgehead atoms. The van der Waals surface area contributed by atoms with Gasteiger partial charge in [-0.2, -0.15) is 0 Å². The molecule has 8 heterocycles. The lowest BCUT2D eigenvalue weighted by atomic mass is 9.66. The Morgan fingerprint density at radius 2 is 1.51 bits per heavy atom. The molecule has 4 aromatic heterocycles. The van der Waals surface area contributed by atoms with Gasteiger partial charge in [0.15, 0.2) is 35.6 Å². The highest BCUT2D eigenvalue weighted by molar-refractivity contribution is 6.21. The molecule has 0 radical (unpaired) electrons. The first-order valence-corrected chi connectivity index (χ1v) is 22.8. The highest BCUT2D eigenvalue weighted by atomic mass is 19.1. The van der Waals surface area contributed by atoms with E-state index in [1.54, 1.807) is 55.7 Å². The minimum atomic E-state index is -1.44. The van der Waals surface area contributed by atoms with Crippen LogP contribution in [0.4, 0.5) is 4.39 Å². The maximum Gasteiger partial charge on any atom is 0.310 e. The zero-order valence-electron chi connectivity index (χ0n) is 38.0. The number of nitrogens with one attached hydrogen (secondary N) is 2. The van der Waals surface area contributed by atoms with Gasteiger partial charge in [-0.3, -0.25) is 14.8 Å². The van der Waals surface area contributed by atoms with E-state index in [4.69, 9.17) is 47.6 Å². The van der Waals surface area contributed by atoms with E-state index >= 15 is 0 Å². The van der Waals surface area contributed by atoms with Crippen molar-refractivity contribution in [3.63, 3.8) is 0 Å². The van der Waals surface area contributed by atoms with E-state index in [0.29, 0.717) is 34.0 Å². The van der Waals surface area contributed by atoms with Crippen molar-refractivity contribution in [3.05, 3.63) is 107 Å². The van der Waals surface area contributed by atoms with E-state index in [2.05, 4.69) is 19.9 Å². The van der Waals surface area contributed by atoms with E-state index in [9.17, 15) is 24.5 Å². The Hall–Kier alpha value is -7.13. The van der Waals surface area contributed by atoms with E-state index in [1.807, 2.05) is 31.2 Å². The lowest BCUT2D eigenvalue weighted by molar-refractivity contribution is -0.364. The molecule has 18 nitrogen and oxygen atoms in total. The molecule has 13 rings (SSSR count). The fourth-order valence-electron chi connectivity index (χ4n) is 10.8. The van der Waals surface area contributed by atoms with E-state index in [-0.39, 0.29) is 43.1 Å². The molecule has 10 atom stereocenters. The second-order valence-electron chi connectivity index (χ2n) is 17.9. The van der Waals surface area contributed by atoms with Crippen LogP contribution in [0.25, 0.3) is 55.1 Å². The molecule has 10 unspecified atom stereocenters. The summed E-state index contributed by atoms with van der Waals surface area (Å²) in [5, 5.41) is 35.2. The molecule has 70 heavy (non-hydrogen) atoms. The number of ether oxygens (including phenoxy) is 9. The number of aliphatic hydroxyl groups excluding tert-OH is 2. The summed E-state index contributed by atoms with van der Waals surface area (Å²) in [6.07, 6.45) is -3.26. The average molecular weight is 956 g/mol. The van der Waals surface area contributed by atoms with Gasteiger partial charge in [-0.25, -0.2) is 9.37 Å². The molecule has 3 saturated heterocycles. The lowest BCUT2D eigenvalue weighted by Gasteiger charge is -2.47. The van der Waals surface area contributed by atoms with Gasteiger partial charge in [0, 0.05) is 57.2 Å². The fraction of sp³-hybridized carbons (Fsp3) is 0.333. The van der Waals surface area contributed by atoms with Gasteiger partial charge in [0.05, 0.1) is 61.5 Å². The van der Waals surface area contributed by atoms with Gasteiger partial charge in [-0.15, -0.1) is 0 Å². The number of nitrogens with zero attached hydrogens (tertiary/aromatic N) is 3. The summed E-state index contributed by atoms with van der Waals surface area (Å²) in [4.78, 5) is 34.2. The number of methoxy groups -OCH3 is 2. The molecular weight excluding hydrogens is 910 g/mol.